The minimum atomic E-state index is 0.0984. The Hall–Kier alpha value is -3.00. The topological polar surface area (TPSA) is 80.3 Å². The number of likely N-dealkylation sites (tertiary alicyclic amines) is 2. The maximum Gasteiger partial charge on any atom is 0.247 e. The first kappa shape index (κ1) is 18.1. The fourth-order valence-corrected chi connectivity index (χ4v) is 4.58. The molecule has 1 unspecified atom stereocenters. The maximum absolute atomic E-state index is 12.5. The number of rotatable bonds is 5. The van der Waals surface area contributed by atoms with E-state index in [0.29, 0.717) is 24.7 Å². The third-order valence-electron chi connectivity index (χ3n) is 6.01. The summed E-state index contributed by atoms with van der Waals surface area (Å²) in [5, 5.41) is 12.7. The molecule has 2 aliphatic heterocycles. The predicted octanol–water partition coefficient (Wildman–Crippen LogP) is 2.23. The summed E-state index contributed by atoms with van der Waals surface area (Å²) < 4.78 is 7.78. The standard InChI is InChI=1S/C21H24N6O2/c1-25-13-21(14-26(15-21)18(28)8-11-27-10-5-9-22-27)12-17(25)20-24-23-19(29-20)16-6-3-2-4-7-16/h2-7,9-10,17H,8,11-15H2,1H3. The molecule has 4 heterocycles. The second-order valence-electron chi connectivity index (χ2n) is 8.22. The van der Waals surface area contributed by atoms with Crippen LogP contribution in [0.5, 0.6) is 0 Å². The smallest absolute Gasteiger partial charge is 0.247 e. The Bertz CT molecular complexity index is 978. The van der Waals surface area contributed by atoms with Crippen LogP contribution in [0, 0.1) is 5.41 Å². The highest BCUT2D eigenvalue weighted by atomic mass is 16.4. The molecule has 0 bridgehead atoms. The fourth-order valence-electron chi connectivity index (χ4n) is 4.58. The summed E-state index contributed by atoms with van der Waals surface area (Å²) in [4.78, 5) is 16.7. The van der Waals surface area contributed by atoms with E-state index >= 15 is 0 Å². The predicted molar refractivity (Wildman–Crippen MR) is 106 cm³/mol. The summed E-state index contributed by atoms with van der Waals surface area (Å²) in [6.07, 6.45) is 5.04. The van der Waals surface area contributed by atoms with Gasteiger partial charge >= 0.3 is 0 Å². The van der Waals surface area contributed by atoms with E-state index in [1.54, 1.807) is 10.9 Å². The summed E-state index contributed by atoms with van der Waals surface area (Å²) in [6, 6.07) is 11.8. The minimum Gasteiger partial charge on any atom is -0.419 e. The Morgan fingerprint density at radius 3 is 2.76 bits per heavy atom. The lowest BCUT2D eigenvalue weighted by Gasteiger charge is -2.48. The highest BCUT2D eigenvalue weighted by Gasteiger charge is 2.53. The van der Waals surface area contributed by atoms with E-state index in [1.165, 1.54) is 0 Å². The molecule has 2 aromatic heterocycles. The minimum absolute atomic E-state index is 0.0984. The maximum atomic E-state index is 12.5. The van der Waals surface area contributed by atoms with Crippen LogP contribution in [-0.4, -0.2) is 62.4 Å². The molecule has 150 valence electrons. The molecule has 8 heteroatoms. The van der Waals surface area contributed by atoms with Gasteiger partial charge in [-0.05, 0) is 31.7 Å². The third-order valence-corrected chi connectivity index (χ3v) is 6.01. The Kier molecular flexibility index (Phi) is 4.43. The van der Waals surface area contributed by atoms with Crippen molar-refractivity contribution in [3.05, 3.63) is 54.7 Å². The first-order chi connectivity index (χ1) is 14.1. The summed E-state index contributed by atoms with van der Waals surface area (Å²) >= 11 is 0. The van der Waals surface area contributed by atoms with E-state index in [9.17, 15) is 4.79 Å². The van der Waals surface area contributed by atoms with Gasteiger partial charge < -0.3 is 9.32 Å². The largest absolute Gasteiger partial charge is 0.419 e. The second-order valence-corrected chi connectivity index (χ2v) is 8.22. The molecule has 0 radical (unpaired) electrons. The van der Waals surface area contributed by atoms with Crippen molar-refractivity contribution in [3.63, 3.8) is 0 Å². The van der Waals surface area contributed by atoms with Gasteiger partial charge in [0.05, 0.1) is 6.04 Å². The van der Waals surface area contributed by atoms with Crippen LogP contribution in [0.3, 0.4) is 0 Å². The lowest BCUT2D eigenvalue weighted by atomic mass is 9.77. The van der Waals surface area contributed by atoms with Crippen molar-refractivity contribution in [1.29, 1.82) is 0 Å². The van der Waals surface area contributed by atoms with Gasteiger partial charge in [-0.25, -0.2) is 0 Å². The molecule has 29 heavy (non-hydrogen) atoms. The molecule has 0 saturated carbocycles. The van der Waals surface area contributed by atoms with Gasteiger partial charge in [0.2, 0.25) is 17.7 Å². The molecule has 1 spiro atoms. The van der Waals surface area contributed by atoms with Crippen molar-refractivity contribution in [2.75, 3.05) is 26.7 Å². The number of hydrogen-bond donors (Lipinski definition) is 0. The Balaban J connectivity index is 1.20. The Morgan fingerprint density at radius 1 is 1.17 bits per heavy atom. The van der Waals surface area contributed by atoms with Crippen molar-refractivity contribution in [2.24, 2.45) is 5.41 Å². The van der Waals surface area contributed by atoms with Gasteiger partial charge in [-0.3, -0.25) is 14.4 Å². The van der Waals surface area contributed by atoms with Crippen LogP contribution < -0.4 is 0 Å². The van der Waals surface area contributed by atoms with Crippen LogP contribution in [0.25, 0.3) is 11.5 Å². The number of amides is 1. The zero-order valence-corrected chi connectivity index (χ0v) is 16.4. The van der Waals surface area contributed by atoms with Crippen molar-refractivity contribution < 1.29 is 9.21 Å². The summed E-state index contributed by atoms with van der Waals surface area (Å²) in [5.74, 6) is 1.41. The van der Waals surface area contributed by atoms with Gasteiger partial charge in [-0.1, -0.05) is 18.2 Å². The number of aromatic nitrogens is 4. The quantitative estimate of drug-likeness (QED) is 0.662. The van der Waals surface area contributed by atoms with Crippen LogP contribution in [0.2, 0.25) is 0 Å². The molecule has 3 aromatic rings. The van der Waals surface area contributed by atoms with Crippen LogP contribution in [-0.2, 0) is 11.3 Å². The van der Waals surface area contributed by atoms with Gasteiger partial charge in [-0.2, -0.15) is 5.10 Å². The number of aryl methyl sites for hydroxylation is 1. The van der Waals surface area contributed by atoms with E-state index in [0.717, 1.165) is 31.6 Å². The molecule has 1 amide bonds. The molecule has 0 aliphatic carbocycles. The summed E-state index contributed by atoms with van der Waals surface area (Å²) in [5.41, 5.74) is 1.06. The lowest BCUT2D eigenvalue weighted by molar-refractivity contribution is -0.143. The van der Waals surface area contributed by atoms with E-state index in [-0.39, 0.29) is 17.4 Å². The van der Waals surface area contributed by atoms with E-state index in [1.807, 2.05) is 47.5 Å². The molecule has 8 nitrogen and oxygen atoms in total. The lowest BCUT2D eigenvalue weighted by Crippen LogP contribution is -2.59. The molecule has 5 rings (SSSR count). The molecule has 2 saturated heterocycles. The zero-order valence-electron chi connectivity index (χ0n) is 16.4. The number of hydrogen-bond acceptors (Lipinski definition) is 6. The van der Waals surface area contributed by atoms with E-state index in [4.69, 9.17) is 4.42 Å². The average molecular weight is 392 g/mol. The van der Waals surface area contributed by atoms with Gasteiger partial charge in [-0.15, -0.1) is 10.2 Å². The molecule has 2 aliphatic rings. The van der Waals surface area contributed by atoms with Crippen LogP contribution >= 0.6 is 0 Å². The monoisotopic (exact) mass is 392 g/mol. The highest BCUT2D eigenvalue weighted by molar-refractivity contribution is 5.77. The molecule has 1 aromatic carbocycles. The number of nitrogens with zero attached hydrogens (tertiary/aromatic N) is 6. The normalized spacial score (nSPS) is 20.9. The van der Waals surface area contributed by atoms with Gasteiger partial charge in [0.25, 0.3) is 0 Å². The second kappa shape index (κ2) is 7.11. The Morgan fingerprint density at radius 2 is 2.00 bits per heavy atom. The molecular weight excluding hydrogens is 368 g/mol. The number of carbonyl (C=O) groups is 1. The first-order valence-electron chi connectivity index (χ1n) is 9.96. The molecule has 0 N–H and O–H groups in total. The van der Waals surface area contributed by atoms with Crippen LogP contribution in [0.15, 0.2) is 53.2 Å². The molecule has 2 fully saturated rings. The number of benzene rings is 1. The SMILES string of the molecule is CN1CC2(CC1c1nnc(-c3ccccc3)o1)CN(C(=O)CCn1cccn1)C2. The van der Waals surface area contributed by atoms with Crippen molar-refractivity contribution in [3.8, 4) is 11.5 Å². The highest BCUT2D eigenvalue weighted by Crippen LogP contribution is 2.47. The number of carbonyl (C=O) groups excluding carboxylic acids is 1. The summed E-state index contributed by atoms with van der Waals surface area (Å²) in [6.45, 7) is 3.16. The van der Waals surface area contributed by atoms with Crippen molar-refractivity contribution >= 4 is 5.91 Å². The van der Waals surface area contributed by atoms with Crippen LogP contribution in [0.4, 0.5) is 0 Å². The van der Waals surface area contributed by atoms with Gasteiger partial charge in [0, 0.05) is 56.0 Å². The summed E-state index contributed by atoms with van der Waals surface area (Å²) in [7, 11) is 2.09. The van der Waals surface area contributed by atoms with Crippen molar-refractivity contribution in [1.82, 2.24) is 29.8 Å². The first-order valence-corrected chi connectivity index (χ1v) is 9.96. The molecule has 1 atom stereocenters. The molecular formula is C21H24N6O2. The average Bonchev–Trinajstić information content (AvgIpc) is 3.45. The van der Waals surface area contributed by atoms with Gasteiger partial charge in [0.15, 0.2) is 0 Å². The van der Waals surface area contributed by atoms with Crippen LogP contribution in [0.1, 0.15) is 24.8 Å². The fraction of sp³-hybridized carbons (Fsp3) is 0.429. The Labute approximate surface area is 169 Å². The zero-order chi connectivity index (χ0) is 19.8. The van der Waals surface area contributed by atoms with E-state index < -0.39 is 0 Å². The van der Waals surface area contributed by atoms with Crippen molar-refractivity contribution in [2.45, 2.75) is 25.4 Å². The van der Waals surface area contributed by atoms with E-state index in [2.05, 4.69) is 27.2 Å². The van der Waals surface area contributed by atoms with Gasteiger partial charge in [0.1, 0.15) is 0 Å². The third kappa shape index (κ3) is 3.44.